The van der Waals surface area contributed by atoms with Crippen LogP contribution < -0.4 is 0 Å². The van der Waals surface area contributed by atoms with Crippen LogP contribution in [0.25, 0.3) is 0 Å². The number of carboxylic acid groups (broad SMARTS) is 3. The van der Waals surface area contributed by atoms with E-state index in [0.29, 0.717) is 11.4 Å². The maximum Gasteiger partial charge on any atom is 0.320 e. The molecule has 6 atom stereocenters. The van der Waals surface area contributed by atoms with Gasteiger partial charge in [-0.15, -0.1) is 0 Å². The number of carbonyl (C=O) groups is 6. The van der Waals surface area contributed by atoms with Gasteiger partial charge >= 0.3 is 17.9 Å². The van der Waals surface area contributed by atoms with Crippen molar-refractivity contribution in [3.8, 4) is 0 Å². The van der Waals surface area contributed by atoms with Gasteiger partial charge in [0.25, 0.3) is 0 Å². The molecular formula is C38H63N7O15. The summed E-state index contributed by atoms with van der Waals surface area (Å²) < 4.78 is 0. The van der Waals surface area contributed by atoms with E-state index in [1.807, 2.05) is 0 Å². The van der Waals surface area contributed by atoms with E-state index in [0.717, 1.165) is 4.90 Å². The van der Waals surface area contributed by atoms with Crippen LogP contribution in [0.3, 0.4) is 0 Å². The van der Waals surface area contributed by atoms with Crippen molar-refractivity contribution >= 4 is 35.6 Å². The van der Waals surface area contributed by atoms with E-state index in [1.165, 1.54) is 35.8 Å². The summed E-state index contributed by atoms with van der Waals surface area (Å²) in [6.07, 6.45) is -4.99. The number of rotatable bonds is 24. The van der Waals surface area contributed by atoms with Crippen molar-refractivity contribution in [2.75, 3.05) is 86.8 Å². The van der Waals surface area contributed by atoms with Crippen molar-refractivity contribution in [1.82, 2.24) is 34.4 Å². The van der Waals surface area contributed by atoms with Crippen molar-refractivity contribution < 1.29 is 74.7 Å². The number of nitrogens with zero attached hydrogens (tertiary/aromatic N) is 7. The Morgan fingerprint density at radius 2 is 0.833 bits per heavy atom. The zero-order chi connectivity index (χ0) is 45.1. The molecule has 1 aliphatic rings. The smallest absolute Gasteiger partial charge is 0.320 e. The monoisotopic (exact) mass is 857 g/mol. The number of aliphatic hydroxyl groups excluding tert-OH is 6. The second-order valence-corrected chi connectivity index (χ2v) is 15.1. The highest BCUT2D eigenvalue weighted by Gasteiger charge is 2.34. The lowest BCUT2D eigenvalue weighted by Gasteiger charge is -2.37. The lowest BCUT2D eigenvalue weighted by molar-refractivity contribution is -0.148. The number of aliphatic hydroxyl groups is 6. The summed E-state index contributed by atoms with van der Waals surface area (Å²) in [6, 6.07) is 1.04. The standard InChI is InChI=1S/C38H63N7O15/c1-40(19-27(49)22-46)33(52)10-7-30(36(55)56)43-13-15-44(31(37(57)58)8-11-34(53)41(2)20-28(50)23-47)17-25-5-4-6-26(39-25)18-45(16-14-43)32(38(59)60)9-12-35(54)42(3)21-29(51)24-48/h4-6,27-32,46-51H,7-24H2,1-3H3,(H,55,56)(H,57,58)(H,59,60). The van der Waals surface area contributed by atoms with Gasteiger partial charge in [-0.1, -0.05) is 6.07 Å². The summed E-state index contributed by atoms with van der Waals surface area (Å²) in [6.45, 7) is -2.86. The van der Waals surface area contributed by atoms with E-state index < -0.39 is 91.9 Å². The molecule has 0 aromatic carbocycles. The molecule has 340 valence electrons. The lowest BCUT2D eigenvalue weighted by atomic mass is 10.1. The van der Waals surface area contributed by atoms with Crippen molar-refractivity contribution in [2.24, 2.45) is 0 Å². The summed E-state index contributed by atoms with van der Waals surface area (Å²) in [7, 11) is 4.20. The Hall–Kier alpha value is -4.39. The van der Waals surface area contributed by atoms with Crippen molar-refractivity contribution in [1.29, 1.82) is 0 Å². The van der Waals surface area contributed by atoms with Gasteiger partial charge in [-0.2, -0.15) is 0 Å². The van der Waals surface area contributed by atoms with Crippen LogP contribution in [0.15, 0.2) is 18.2 Å². The van der Waals surface area contributed by atoms with Gasteiger partial charge in [0.1, 0.15) is 18.1 Å². The van der Waals surface area contributed by atoms with Crippen LogP contribution in [0.4, 0.5) is 0 Å². The Balaban J connectivity index is 2.56. The first kappa shape index (κ1) is 51.8. The summed E-state index contributed by atoms with van der Waals surface area (Å²) in [5.41, 5.74) is 0.778. The SMILES string of the molecule is CN(CC(O)CO)C(=O)CCC(C(=O)O)N1CCN(C(CCC(=O)N(C)CC(O)CO)C(=O)O)Cc2cccc(n2)CN(C(CCC(=O)N(C)CC(O)CO)C(=O)O)CC1. The van der Waals surface area contributed by atoms with E-state index in [2.05, 4.69) is 4.98 Å². The maximum absolute atomic E-state index is 13.0. The summed E-state index contributed by atoms with van der Waals surface area (Å²) in [5, 5.41) is 88.4. The predicted molar refractivity (Wildman–Crippen MR) is 211 cm³/mol. The first-order chi connectivity index (χ1) is 28.3. The van der Waals surface area contributed by atoms with Gasteiger partial charge in [-0.25, -0.2) is 0 Å². The highest BCUT2D eigenvalue weighted by Crippen LogP contribution is 2.20. The van der Waals surface area contributed by atoms with Crippen LogP contribution in [-0.4, -0.2) is 239 Å². The van der Waals surface area contributed by atoms with Gasteiger partial charge in [0.05, 0.1) is 49.5 Å². The molecule has 1 aromatic rings. The fourth-order valence-corrected chi connectivity index (χ4v) is 6.92. The minimum absolute atomic E-state index is 0.0804. The largest absolute Gasteiger partial charge is 0.480 e. The molecule has 22 heteroatoms. The average Bonchev–Trinajstić information content (AvgIpc) is 3.19. The number of carboxylic acids is 3. The van der Waals surface area contributed by atoms with Crippen LogP contribution in [0.5, 0.6) is 0 Å². The Kier molecular flexibility index (Phi) is 22.5. The third-order valence-corrected chi connectivity index (χ3v) is 10.4. The van der Waals surface area contributed by atoms with Gasteiger partial charge in [-0.05, 0) is 31.4 Å². The number of aliphatic carboxylic acids is 3. The molecule has 0 fully saturated rings. The number of fused-ring (bicyclic) bond motifs is 2. The van der Waals surface area contributed by atoms with Crippen LogP contribution >= 0.6 is 0 Å². The topological polar surface area (TPSA) is 317 Å². The lowest BCUT2D eigenvalue weighted by Crippen LogP contribution is -2.52. The van der Waals surface area contributed by atoms with E-state index >= 15 is 0 Å². The quantitative estimate of drug-likeness (QED) is 0.0480. The van der Waals surface area contributed by atoms with E-state index in [-0.39, 0.29) is 97.4 Å². The van der Waals surface area contributed by atoms with Crippen LogP contribution in [-0.2, 0) is 41.9 Å². The summed E-state index contributed by atoms with van der Waals surface area (Å²) >= 11 is 0. The Morgan fingerprint density at radius 3 is 1.12 bits per heavy atom. The Labute approximate surface area is 348 Å². The molecule has 2 bridgehead atoms. The van der Waals surface area contributed by atoms with Gasteiger partial charge in [0.2, 0.25) is 17.7 Å². The third kappa shape index (κ3) is 17.3. The number of aromatic nitrogens is 1. The first-order valence-electron chi connectivity index (χ1n) is 19.8. The molecule has 22 nitrogen and oxygen atoms in total. The number of amides is 3. The summed E-state index contributed by atoms with van der Waals surface area (Å²) in [4.78, 5) is 90.2. The molecule has 0 spiro atoms. The molecule has 0 saturated heterocycles. The Morgan fingerprint density at radius 1 is 0.550 bits per heavy atom. The van der Waals surface area contributed by atoms with Gasteiger partial charge in [-0.3, -0.25) is 48.5 Å². The third-order valence-electron chi connectivity index (χ3n) is 10.4. The van der Waals surface area contributed by atoms with Gasteiger partial charge in [0, 0.05) is 99.3 Å². The van der Waals surface area contributed by atoms with Crippen molar-refractivity contribution in [2.45, 2.75) is 88.1 Å². The fourth-order valence-electron chi connectivity index (χ4n) is 6.92. The molecule has 6 unspecified atom stereocenters. The van der Waals surface area contributed by atoms with Crippen LogP contribution in [0, 0.1) is 0 Å². The van der Waals surface area contributed by atoms with Gasteiger partial charge < -0.3 is 60.7 Å². The van der Waals surface area contributed by atoms with Crippen LogP contribution in [0.2, 0.25) is 0 Å². The van der Waals surface area contributed by atoms with Gasteiger partial charge in [0.15, 0.2) is 0 Å². The maximum atomic E-state index is 13.0. The molecule has 2 rings (SSSR count). The highest BCUT2D eigenvalue weighted by molar-refractivity contribution is 5.80. The molecule has 0 saturated carbocycles. The normalized spacial score (nSPS) is 17.5. The van der Waals surface area contributed by atoms with E-state index in [1.54, 1.807) is 28.0 Å². The minimum atomic E-state index is -1.35. The van der Waals surface area contributed by atoms with Crippen molar-refractivity contribution in [3.05, 3.63) is 29.6 Å². The number of carbonyl (C=O) groups excluding carboxylic acids is 3. The molecule has 0 aliphatic carbocycles. The minimum Gasteiger partial charge on any atom is -0.480 e. The highest BCUT2D eigenvalue weighted by atomic mass is 16.4. The molecule has 2 heterocycles. The van der Waals surface area contributed by atoms with E-state index in [4.69, 9.17) is 0 Å². The number of hydrogen-bond donors (Lipinski definition) is 9. The molecular weight excluding hydrogens is 794 g/mol. The zero-order valence-corrected chi connectivity index (χ0v) is 34.5. The second-order valence-electron chi connectivity index (χ2n) is 15.1. The second kappa shape index (κ2) is 26.1. The fraction of sp³-hybridized carbons (Fsp3) is 0.711. The number of likely N-dealkylation sites (N-methyl/N-ethyl adjacent to an activating group) is 3. The van der Waals surface area contributed by atoms with E-state index in [9.17, 15) is 74.7 Å². The van der Waals surface area contributed by atoms with Crippen LogP contribution in [0.1, 0.15) is 49.9 Å². The molecule has 1 aliphatic heterocycles. The Bertz CT molecular complexity index is 1480. The summed E-state index contributed by atoms with van der Waals surface area (Å²) in [5.74, 6) is -5.35. The van der Waals surface area contributed by atoms with Crippen molar-refractivity contribution in [3.63, 3.8) is 0 Å². The molecule has 60 heavy (non-hydrogen) atoms. The molecule has 0 radical (unpaired) electrons. The number of pyridine rings is 1. The molecule has 1 aromatic heterocycles. The zero-order valence-electron chi connectivity index (χ0n) is 34.5. The average molecular weight is 858 g/mol. The first-order valence-corrected chi connectivity index (χ1v) is 19.8. The molecule has 9 N–H and O–H groups in total. The number of hydrogen-bond acceptors (Lipinski definition) is 16. The molecule has 3 amide bonds. The predicted octanol–water partition coefficient (Wildman–Crippen LogP) is -3.86.